The van der Waals surface area contributed by atoms with Crippen LogP contribution in [0.25, 0.3) is 33.1 Å². The summed E-state index contributed by atoms with van der Waals surface area (Å²) < 4.78 is 6.09. The van der Waals surface area contributed by atoms with Crippen molar-refractivity contribution in [3.8, 4) is 11.3 Å². The molecule has 5 rings (SSSR count). The number of fused-ring (bicyclic) bond motifs is 2. The van der Waals surface area contributed by atoms with Gasteiger partial charge >= 0.3 is 0 Å². The highest BCUT2D eigenvalue weighted by atomic mass is 16.3. The number of benzene rings is 2. The van der Waals surface area contributed by atoms with E-state index in [1.54, 1.807) is 0 Å². The summed E-state index contributed by atoms with van der Waals surface area (Å²) >= 11 is 0. The lowest BCUT2D eigenvalue weighted by molar-refractivity contribution is 0.233. The molecule has 2 aromatic carbocycles. The van der Waals surface area contributed by atoms with E-state index in [0.29, 0.717) is 5.82 Å². The molecule has 2 aromatic heterocycles. The van der Waals surface area contributed by atoms with Crippen molar-refractivity contribution >= 4 is 27.6 Å². The third-order valence-corrected chi connectivity index (χ3v) is 5.29. The number of rotatable bonds is 3. The highest BCUT2D eigenvalue weighted by Crippen LogP contribution is 2.34. The molecule has 0 radical (unpaired) electrons. The summed E-state index contributed by atoms with van der Waals surface area (Å²) in [7, 11) is 0. The van der Waals surface area contributed by atoms with Crippen molar-refractivity contribution in [2.24, 2.45) is 0 Å². The predicted molar refractivity (Wildman–Crippen MR) is 110 cm³/mol. The summed E-state index contributed by atoms with van der Waals surface area (Å²) in [6, 6.07) is 16.6. The summed E-state index contributed by atoms with van der Waals surface area (Å²) in [5.41, 5.74) is 9.30. The Kier molecular flexibility index (Phi) is 4.03. The van der Waals surface area contributed by atoms with Crippen LogP contribution >= 0.6 is 0 Å². The number of hydrogen-bond donors (Lipinski definition) is 2. The number of furan rings is 1. The van der Waals surface area contributed by atoms with E-state index in [4.69, 9.17) is 10.2 Å². The molecule has 136 valence electrons. The summed E-state index contributed by atoms with van der Waals surface area (Å²) in [6.45, 7) is 5.20. The molecule has 5 nitrogen and oxygen atoms in total. The van der Waals surface area contributed by atoms with Gasteiger partial charge in [0.05, 0.1) is 0 Å². The van der Waals surface area contributed by atoms with Crippen molar-refractivity contribution < 1.29 is 4.42 Å². The van der Waals surface area contributed by atoms with Crippen molar-refractivity contribution in [2.75, 3.05) is 31.9 Å². The molecule has 1 saturated heterocycles. The fourth-order valence-electron chi connectivity index (χ4n) is 3.85. The highest BCUT2D eigenvalue weighted by molar-refractivity contribution is 6.01. The molecular formula is C22H22N4O. The maximum Gasteiger partial charge on any atom is 0.137 e. The molecule has 0 atom stereocenters. The number of para-hydroxylation sites is 1. The number of aromatic nitrogens is 1. The number of nitrogens with two attached hydrogens (primary N) is 1. The van der Waals surface area contributed by atoms with Crippen LogP contribution in [0.2, 0.25) is 0 Å². The first kappa shape index (κ1) is 16.3. The lowest BCUT2D eigenvalue weighted by atomic mass is 10.0. The van der Waals surface area contributed by atoms with Gasteiger partial charge in [0, 0.05) is 55.3 Å². The van der Waals surface area contributed by atoms with Gasteiger partial charge in [0.2, 0.25) is 0 Å². The van der Waals surface area contributed by atoms with Crippen LogP contribution < -0.4 is 11.1 Å². The fourth-order valence-corrected chi connectivity index (χ4v) is 3.85. The van der Waals surface area contributed by atoms with Crippen LogP contribution in [-0.2, 0) is 6.54 Å². The minimum Gasteiger partial charge on any atom is -0.456 e. The summed E-state index contributed by atoms with van der Waals surface area (Å²) in [6.07, 6.45) is 1.82. The fraction of sp³-hybridized carbons (Fsp3) is 0.227. The van der Waals surface area contributed by atoms with Crippen LogP contribution in [-0.4, -0.2) is 36.1 Å². The maximum absolute atomic E-state index is 6.15. The SMILES string of the molecule is Nc1ncc(-c2cc3ccccc3o2)c2cc(CN3CCNCC3)ccc12. The lowest BCUT2D eigenvalue weighted by Gasteiger charge is -2.27. The zero-order valence-corrected chi connectivity index (χ0v) is 15.1. The number of pyridine rings is 1. The van der Waals surface area contributed by atoms with Crippen molar-refractivity contribution in [1.29, 1.82) is 0 Å². The van der Waals surface area contributed by atoms with Gasteiger partial charge in [-0.2, -0.15) is 0 Å². The van der Waals surface area contributed by atoms with Gasteiger partial charge in [0.15, 0.2) is 0 Å². The predicted octanol–water partition coefficient (Wildman–Crippen LogP) is 3.64. The molecule has 0 bridgehead atoms. The standard InChI is InChI=1S/C22H22N4O/c23-22-17-6-5-15(14-26-9-7-24-8-10-26)11-18(17)19(13-25-22)21-12-16-3-1-2-4-20(16)27-21/h1-6,11-13,24H,7-10,14H2,(H2,23,25). The summed E-state index contributed by atoms with van der Waals surface area (Å²) in [4.78, 5) is 6.87. The van der Waals surface area contributed by atoms with Crippen LogP contribution in [0.15, 0.2) is 59.1 Å². The first-order chi connectivity index (χ1) is 13.3. The van der Waals surface area contributed by atoms with Gasteiger partial charge in [-0.3, -0.25) is 4.90 Å². The van der Waals surface area contributed by atoms with Gasteiger partial charge in [0.1, 0.15) is 17.2 Å². The van der Waals surface area contributed by atoms with Crippen molar-refractivity contribution in [1.82, 2.24) is 15.2 Å². The molecule has 3 N–H and O–H groups in total. The van der Waals surface area contributed by atoms with Gasteiger partial charge in [-0.1, -0.05) is 30.3 Å². The van der Waals surface area contributed by atoms with Gasteiger partial charge < -0.3 is 15.5 Å². The molecule has 0 spiro atoms. The quantitative estimate of drug-likeness (QED) is 0.585. The van der Waals surface area contributed by atoms with Gasteiger partial charge in [-0.05, 0) is 29.1 Å². The number of nitrogen functional groups attached to an aromatic ring is 1. The van der Waals surface area contributed by atoms with Crippen LogP contribution in [0.1, 0.15) is 5.56 Å². The number of piperazine rings is 1. The average molecular weight is 358 g/mol. The molecule has 1 fully saturated rings. The third-order valence-electron chi connectivity index (χ3n) is 5.29. The molecule has 0 aliphatic carbocycles. The second-order valence-corrected chi connectivity index (χ2v) is 7.11. The van der Waals surface area contributed by atoms with E-state index in [9.17, 15) is 0 Å². The normalized spacial score (nSPS) is 15.6. The minimum atomic E-state index is 0.554. The molecule has 4 aromatic rings. The van der Waals surface area contributed by atoms with E-state index in [2.05, 4.69) is 45.5 Å². The van der Waals surface area contributed by atoms with Crippen molar-refractivity contribution in [2.45, 2.75) is 6.54 Å². The van der Waals surface area contributed by atoms with Gasteiger partial charge in [-0.15, -0.1) is 0 Å². The first-order valence-corrected chi connectivity index (χ1v) is 9.37. The smallest absolute Gasteiger partial charge is 0.137 e. The third kappa shape index (κ3) is 3.05. The Morgan fingerprint density at radius 1 is 1.04 bits per heavy atom. The van der Waals surface area contributed by atoms with E-state index in [0.717, 1.165) is 65.8 Å². The molecule has 5 heteroatoms. The molecule has 27 heavy (non-hydrogen) atoms. The van der Waals surface area contributed by atoms with Crippen LogP contribution in [0.4, 0.5) is 5.82 Å². The first-order valence-electron chi connectivity index (χ1n) is 9.37. The van der Waals surface area contributed by atoms with Gasteiger partial charge in [-0.25, -0.2) is 4.98 Å². The van der Waals surface area contributed by atoms with Crippen LogP contribution in [0.3, 0.4) is 0 Å². The number of hydrogen-bond acceptors (Lipinski definition) is 5. The summed E-state index contributed by atoms with van der Waals surface area (Å²) in [5.74, 6) is 1.38. The lowest BCUT2D eigenvalue weighted by Crippen LogP contribution is -2.42. The Balaban J connectivity index is 1.60. The number of anilines is 1. The Hall–Kier alpha value is -2.89. The summed E-state index contributed by atoms with van der Waals surface area (Å²) in [5, 5.41) is 6.56. The second-order valence-electron chi connectivity index (χ2n) is 7.11. The van der Waals surface area contributed by atoms with Crippen LogP contribution in [0.5, 0.6) is 0 Å². The Morgan fingerprint density at radius 3 is 2.74 bits per heavy atom. The largest absolute Gasteiger partial charge is 0.456 e. The Morgan fingerprint density at radius 2 is 1.89 bits per heavy atom. The Labute approximate surface area is 157 Å². The van der Waals surface area contributed by atoms with Crippen LogP contribution in [0, 0.1) is 0 Å². The molecule has 0 saturated carbocycles. The van der Waals surface area contributed by atoms with Crippen molar-refractivity contribution in [3.63, 3.8) is 0 Å². The van der Waals surface area contributed by atoms with E-state index >= 15 is 0 Å². The maximum atomic E-state index is 6.15. The topological polar surface area (TPSA) is 67.3 Å². The molecule has 0 unspecified atom stereocenters. The Bertz CT molecular complexity index is 1080. The highest BCUT2D eigenvalue weighted by Gasteiger charge is 2.14. The monoisotopic (exact) mass is 358 g/mol. The molecule has 3 heterocycles. The number of nitrogens with zero attached hydrogens (tertiary/aromatic N) is 2. The molecule has 1 aliphatic heterocycles. The zero-order valence-electron chi connectivity index (χ0n) is 15.1. The molecule has 0 amide bonds. The van der Waals surface area contributed by atoms with E-state index in [-0.39, 0.29) is 0 Å². The van der Waals surface area contributed by atoms with E-state index < -0.39 is 0 Å². The minimum absolute atomic E-state index is 0.554. The second kappa shape index (κ2) is 6.68. The van der Waals surface area contributed by atoms with Crippen molar-refractivity contribution in [3.05, 3.63) is 60.3 Å². The molecule has 1 aliphatic rings. The zero-order chi connectivity index (χ0) is 18.2. The van der Waals surface area contributed by atoms with E-state index in [1.165, 1.54) is 5.56 Å². The van der Waals surface area contributed by atoms with Gasteiger partial charge in [0.25, 0.3) is 0 Å². The number of nitrogens with one attached hydrogen (secondary N) is 1. The molecular weight excluding hydrogens is 336 g/mol. The average Bonchev–Trinajstić information content (AvgIpc) is 3.13. The van der Waals surface area contributed by atoms with E-state index in [1.807, 2.05) is 24.4 Å².